The minimum atomic E-state index is -0.696. The van der Waals surface area contributed by atoms with Crippen LogP contribution in [0.4, 0.5) is 0 Å². The highest BCUT2D eigenvalue weighted by Gasteiger charge is 2.34. The van der Waals surface area contributed by atoms with Crippen LogP contribution in [0.15, 0.2) is 0 Å². The van der Waals surface area contributed by atoms with Crippen LogP contribution in [0.1, 0.15) is 33.1 Å². The van der Waals surface area contributed by atoms with Crippen LogP contribution in [0.2, 0.25) is 0 Å². The van der Waals surface area contributed by atoms with Gasteiger partial charge in [-0.3, -0.25) is 9.69 Å². The third-order valence-corrected chi connectivity index (χ3v) is 3.61. The zero-order chi connectivity index (χ0) is 12.2. The quantitative estimate of drug-likeness (QED) is 0.778. The summed E-state index contributed by atoms with van der Waals surface area (Å²) in [5.74, 6) is -0.696. The maximum absolute atomic E-state index is 11.1. The molecule has 1 heterocycles. The van der Waals surface area contributed by atoms with Crippen molar-refractivity contribution in [2.45, 2.75) is 39.2 Å². The fourth-order valence-corrected chi connectivity index (χ4v) is 2.46. The largest absolute Gasteiger partial charge is 0.480 e. The second kappa shape index (κ2) is 5.64. The Balaban J connectivity index is 2.50. The number of aliphatic carboxylic acids is 1. The van der Waals surface area contributed by atoms with Crippen LogP contribution in [-0.4, -0.2) is 48.8 Å². The summed E-state index contributed by atoms with van der Waals surface area (Å²) in [4.78, 5) is 13.1. The Labute approximate surface area is 97.6 Å². The van der Waals surface area contributed by atoms with Gasteiger partial charge in [0.25, 0.3) is 0 Å². The van der Waals surface area contributed by atoms with E-state index in [9.17, 15) is 4.79 Å². The molecule has 1 fully saturated rings. The third kappa shape index (κ3) is 3.19. The predicted molar refractivity (Wildman–Crippen MR) is 62.5 cm³/mol. The molecule has 1 N–H and O–H groups in total. The van der Waals surface area contributed by atoms with E-state index < -0.39 is 5.97 Å². The summed E-state index contributed by atoms with van der Waals surface area (Å²) in [6.07, 6.45) is 2.71. The zero-order valence-corrected chi connectivity index (χ0v) is 10.5. The van der Waals surface area contributed by atoms with Crippen molar-refractivity contribution in [3.8, 4) is 0 Å². The molecule has 16 heavy (non-hydrogen) atoms. The fraction of sp³-hybridized carbons (Fsp3) is 0.917. The van der Waals surface area contributed by atoms with Gasteiger partial charge in [-0.05, 0) is 37.8 Å². The maximum Gasteiger partial charge on any atom is 0.320 e. The van der Waals surface area contributed by atoms with Crippen LogP contribution in [0.3, 0.4) is 0 Å². The fourth-order valence-electron chi connectivity index (χ4n) is 2.46. The number of hydrogen-bond donors (Lipinski definition) is 1. The van der Waals surface area contributed by atoms with Gasteiger partial charge in [0, 0.05) is 7.11 Å². The lowest BCUT2D eigenvalue weighted by Gasteiger charge is -2.41. The Morgan fingerprint density at radius 2 is 2.06 bits per heavy atom. The van der Waals surface area contributed by atoms with Crippen LogP contribution in [0, 0.1) is 5.41 Å². The molecule has 0 aliphatic carbocycles. The molecule has 1 saturated heterocycles. The van der Waals surface area contributed by atoms with Crippen LogP contribution in [0.25, 0.3) is 0 Å². The third-order valence-electron chi connectivity index (χ3n) is 3.61. The second-order valence-corrected chi connectivity index (χ2v) is 5.04. The van der Waals surface area contributed by atoms with Crippen LogP contribution < -0.4 is 0 Å². The van der Waals surface area contributed by atoms with E-state index >= 15 is 0 Å². The first kappa shape index (κ1) is 13.5. The lowest BCUT2D eigenvalue weighted by Crippen LogP contribution is -2.48. The molecule has 0 unspecified atom stereocenters. The summed E-state index contributed by atoms with van der Waals surface area (Å²) in [7, 11) is 1.73. The van der Waals surface area contributed by atoms with Crippen molar-refractivity contribution < 1.29 is 14.6 Å². The van der Waals surface area contributed by atoms with Crippen molar-refractivity contribution in [3.63, 3.8) is 0 Å². The smallest absolute Gasteiger partial charge is 0.320 e. The number of likely N-dealkylation sites (tertiary alicyclic amines) is 1. The Morgan fingerprint density at radius 1 is 1.50 bits per heavy atom. The number of carbonyl (C=O) groups is 1. The molecule has 1 rings (SSSR count). The van der Waals surface area contributed by atoms with Gasteiger partial charge in [0.15, 0.2) is 0 Å². The number of rotatable bonds is 5. The van der Waals surface area contributed by atoms with E-state index in [0.29, 0.717) is 6.42 Å². The molecule has 94 valence electrons. The molecule has 1 atom stereocenters. The topological polar surface area (TPSA) is 49.8 Å². The summed E-state index contributed by atoms with van der Waals surface area (Å²) in [5, 5.41) is 9.09. The maximum atomic E-state index is 11.1. The predicted octanol–water partition coefficient (Wildman–Crippen LogP) is 1.60. The molecule has 0 radical (unpaired) electrons. The summed E-state index contributed by atoms with van der Waals surface area (Å²) in [6, 6.07) is -0.313. The molecule has 0 amide bonds. The highest BCUT2D eigenvalue weighted by atomic mass is 16.5. The van der Waals surface area contributed by atoms with Crippen LogP contribution in [-0.2, 0) is 9.53 Å². The summed E-state index contributed by atoms with van der Waals surface area (Å²) in [5.41, 5.74) is 0.224. The first-order chi connectivity index (χ1) is 7.52. The molecule has 0 aromatic heterocycles. The zero-order valence-electron chi connectivity index (χ0n) is 10.5. The van der Waals surface area contributed by atoms with Crippen molar-refractivity contribution in [3.05, 3.63) is 0 Å². The Morgan fingerprint density at radius 3 is 2.44 bits per heavy atom. The van der Waals surface area contributed by atoms with Gasteiger partial charge >= 0.3 is 5.97 Å². The average Bonchev–Trinajstić information content (AvgIpc) is 2.22. The Bertz CT molecular complexity index is 234. The molecule has 1 aliphatic rings. The van der Waals surface area contributed by atoms with Crippen molar-refractivity contribution in [2.24, 2.45) is 5.41 Å². The number of hydrogen-bond acceptors (Lipinski definition) is 3. The standard InChI is InChI=1S/C12H23NO3/c1-4-10(11(14)15)13-7-5-12(2,6-8-13)9-16-3/h10H,4-9H2,1-3H3,(H,14,15)/t10-/m0/s1. The van der Waals surface area contributed by atoms with E-state index in [2.05, 4.69) is 11.8 Å². The minimum Gasteiger partial charge on any atom is -0.480 e. The molecular weight excluding hydrogens is 206 g/mol. The molecule has 4 nitrogen and oxygen atoms in total. The molecule has 0 aromatic rings. The summed E-state index contributed by atoms with van der Waals surface area (Å²) in [6.45, 7) is 6.65. The summed E-state index contributed by atoms with van der Waals surface area (Å²) >= 11 is 0. The molecule has 0 aromatic carbocycles. The van der Waals surface area contributed by atoms with Gasteiger partial charge in [0.1, 0.15) is 6.04 Å². The van der Waals surface area contributed by atoms with E-state index in [1.54, 1.807) is 7.11 Å². The van der Waals surface area contributed by atoms with Crippen molar-refractivity contribution in [1.82, 2.24) is 4.90 Å². The van der Waals surface area contributed by atoms with Crippen molar-refractivity contribution in [2.75, 3.05) is 26.8 Å². The van der Waals surface area contributed by atoms with Gasteiger partial charge in [-0.1, -0.05) is 13.8 Å². The van der Waals surface area contributed by atoms with Gasteiger partial charge in [-0.25, -0.2) is 0 Å². The normalized spacial score (nSPS) is 22.9. The molecule has 1 aliphatic heterocycles. The Kier molecular flexibility index (Phi) is 4.74. The molecule has 0 spiro atoms. The first-order valence-corrected chi connectivity index (χ1v) is 5.98. The lowest BCUT2D eigenvalue weighted by molar-refractivity contribution is -0.144. The SMILES string of the molecule is CC[C@@H](C(=O)O)N1CCC(C)(COC)CC1. The molecule has 0 saturated carbocycles. The highest BCUT2D eigenvalue weighted by molar-refractivity contribution is 5.73. The van der Waals surface area contributed by atoms with E-state index in [0.717, 1.165) is 32.5 Å². The van der Waals surface area contributed by atoms with E-state index in [-0.39, 0.29) is 11.5 Å². The van der Waals surface area contributed by atoms with Gasteiger partial charge in [0.05, 0.1) is 6.61 Å². The van der Waals surface area contributed by atoms with E-state index in [1.165, 1.54) is 0 Å². The number of methoxy groups -OCH3 is 1. The van der Waals surface area contributed by atoms with E-state index in [1.807, 2.05) is 6.92 Å². The molecular formula is C12H23NO3. The minimum absolute atomic E-state index is 0.224. The van der Waals surface area contributed by atoms with Crippen molar-refractivity contribution >= 4 is 5.97 Å². The van der Waals surface area contributed by atoms with Gasteiger partial charge in [0.2, 0.25) is 0 Å². The highest BCUT2D eigenvalue weighted by Crippen LogP contribution is 2.32. The van der Waals surface area contributed by atoms with E-state index in [4.69, 9.17) is 9.84 Å². The number of nitrogens with zero attached hydrogens (tertiary/aromatic N) is 1. The van der Waals surface area contributed by atoms with Crippen LogP contribution in [0.5, 0.6) is 0 Å². The van der Waals surface area contributed by atoms with Crippen molar-refractivity contribution in [1.29, 1.82) is 0 Å². The van der Waals surface area contributed by atoms with Gasteiger partial charge in [-0.15, -0.1) is 0 Å². The first-order valence-electron chi connectivity index (χ1n) is 5.98. The monoisotopic (exact) mass is 229 g/mol. The lowest BCUT2D eigenvalue weighted by atomic mass is 9.80. The Hall–Kier alpha value is -0.610. The van der Waals surface area contributed by atoms with Gasteiger partial charge in [-0.2, -0.15) is 0 Å². The van der Waals surface area contributed by atoms with Gasteiger partial charge < -0.3 is 9.84 Å². The van der Waals surface area contributed by atoms with Crippen LogP contribution >= 0.6 is 0 Å². The number of carboxylic acid groups (broad SMARTS) is 1. The molecule has 4 heteroatoms. The number of ether oxygens (including phenoxy) is 1. The number of piperidine rings is 1. The number of carboxylic acids is 1. The average molecular weight is 229 g/mol. The summed E-state index contributed by atoms with van der Waals surface area (Å²) < 4.78 is 5.22. The second-order valence-electron chi connectivity index (χ2n) is 5.04. The molecule has 0 bridgehead atoms.